The van der Waals surface area contributed by atoms with Gasteiger partial charge < -0.3 is 14.6 Å². The highest BCUT2D eigenvalue weighted by molar-refractivity contribution is 7.99. The molecule has 2 aromatic rings. The first-order valence-corrected chi connectivity index (χ1v) is 9.05. The number of aryl methyl sites for hydroxylation is 2. The number of thioether (sulfide) groups is 1. The van der Waals surface area contributed by atoms with E-state index in [1.807, 2.05) is 35.7 Å². The summed E-state index contributed by atoms with van der Waals surface area (Å²) in [4.78, 5) is 27.2. The molecule has 1 aromatic carbocycles. The third kappa shape index (κ3) is 3.33. The lowest BCUT2D eigenvalue weighted by atomic mass is 10.1. The number of hydrogen-bond acceptors (Lipinski definition) is 4. The zero-order valence-electron chi connectivity index (χ0n) is 13.8. The molecule has 1 N–H and O–H groups in total. The summed E-state index contributed by atoms with van der Waals surface area (Å²) < 4.78 is 5.19. The van der Waals surface area contributed by atoms with Gasteiger partial charge in [-0.25, -0.2) is 0 Å². The van der Waals surface area contributed by atoms with Gasteiger partial charge in [-0.1, -0.05) is 12.1 Å². The average molecular weight is 344 g/mol. The number of para-hydroxylation sites is 1. The Kier molecular flexibility index (Phi) is 4.94. The second kappa shape index (κ2) is 7.13. The second-order valence-electron chi connectivity index (χ2n) is 5.75. The van der Waals surface area contributed by atoms with Crippen LogP contribution in [0.2, 0.25) is 0 Å². The van der Waals surface area contributed by atoms with Gasteiger partial charge in [0, 0.05) is 24.6 Å². The SMILES string of the molecule is Cc1cccc(C(=O)N2CCSCC2)c1NC(=O)c1ccoc1C. The van der Waals surface area contributed by atoms with Gasteiger partial charge in [0.15, 0.2) is 0 Å². The Labute approximate surface area is 145 Å². The lowest BCUT2D eigenvalue weighted by molar-refractivity contribution is 0.0773. The molecule has 5 nitrogen and oxygen atoms in total. The number of hydrogen-bond donors (Lipinski definition) is 1. The Hall–Kier alpha value is -2.21. The largest absolute Gasteiger partial charge is 0.469 e. The van der Waals surface area contributed by atoms with E-state index in [0.717, 1.165) is 30.2 Å². The number of carbonyl (C=O) groups excluding carboxylic acids is 2. The van der Waals surface area contributed by atoms with Crippen LogP contribution in [0.5, 0.6) is 0 Å². The van der Waals surface area contributed by atoms with Crippen LogP contribution in [0.1, 0.15) is 32.0 Å². The summed E-state index contributed by atoms with van der Waals surface area (Å²) in [5.41, 5.74) is 2.45. The maximum atomic E-state index is 12.9. The zero-order chi connectivity index (χ0) is 17.1. The molecular weight excluding hydrogens is 324 g/mol. The maximum Gasteiger partial charge on any atom is 0.259 e. The number of carbonyl (C=O) groups is 2. The van der Waals surface area contributed by atoms with Gasteiger partial charge in [0.1, 0.15) is 5.76 Å². The highest BCUT2D eigenvalue weighted by atomic mass is 32.2. The van der Waals surface area contributed by atoms with Gasteiger partial charge in [0.25, 0.3) is 11.8 Å². The molecule has 0 aliphatic carbocycles. The molecule has 1 aliphatic heterocycles. The summed E-state index contributed by atoms with van der Waals surface area (Å²) in [7, 11) is 0. The first-order chi connectivity index (χ1) is 11.6. The van der Waals surface area contributed by atoms with Crippen LogP contribution in [-0.2, 0) is 0 Å². The second-order valence-corrected chi connectivity index (χ2v) is 6.97. The van der Waals surface area contributed by atoms with Crippen molar-refractivity contribution in [2.75, 3.05) is 29.9 Å². The van der Waals surface area contributed by atoms with Crippen molar-refractivity contribution >= 4 is 29.3 Å². The molecule has 0 saturated carbocycles. The van der Waals surface area contributed by atoms with E-state index in [1.165, 1.54) is 6.26 Å². The molecule has 24 heavy (non-hydrogen) atoms. The van der Waals surface area contributed by atoms with Crippen molar-refractivity contribution in [2.24, 2.45) is 0 Å². The standard InChI is InChI=1S/C18H20N2O3S/c1-12-4-3-5-15(18(22)20-7-10-24-11-8-20)16(12)19-17(21)14-6-9-23-13(14)2/h3-6,9H,7-8,10-11H2,1-2H3,(H,19,21). The molecular formula is C18H20N2O3S. The van der Waals surface area contributed by atoms with Crippen LogP contribution >= 0.6 is 11.8 Å². The van der Waals surface area contributed by atoms with Crippen LogP contribution in [0.25, 0.3) is 0 Å². The number of rotatable bonds is 3. The van der Waals surface area contributed by atoms with Crippen LogP contribution in [0.3, 0.4) is 0 Å². The van der Waals surface area contributed by atoms with Crippen molar-refractivity contribution in [3.05, 3.63) is 53.0 Å². The van der Waals surface area contributed by atoms with Crippen LogP contribution in [0.4, 0.5) is 5.69 Å². The van der Waals surface area contributed by atoms with Crippen LogP contribution in [-0.4, -0.2) is 41.3 Å². The van der Waals surface area contributed by atoms with E-state index >= 15 is 0 Å². The van der Waals surface area contributed by atoms with Gasteiger partial charge in [-0.15, -0.1) is 0 Å². The normalized spacial score (nSPS) is 14.5. The molecule has 1 aliphatic rings. The molecule has 2 amide bonds. The van der Waals surface area contributed by atoms with E-state index < -0.39 is 0 Å². The van der Waals surface area contributed by atoms with E-state index in [-0.39, 0.29) is 11.8 Å². The minimum Gasteiger partial charge on any atom is -0.469 e. The summed E-state index contributed by atoms with van der Waals surface area (Å²) in [5.74, 6) is 2.17. The molecule has 0 radical (unpaired) electrons. The summed E-state index contributed by atoms with van der Waals surface area (Å²) in [6, 6.07) is 7.14. The van der Waals surface area contributed by atoms with Gasteiger partial charge in [-0.2, -0.15) is 11.8 Å². The summed E-state index contributed by atoms with van der Waals surface area (Å²) in [6.07, 6.45) is 1.49. The van der Waals surface area contributed by atoms with Gasteiger partial charge in [-0.3, -0.25) is 9.59 Å². The molecule has 1 fully saturated rings. The predicted octanol–water partition coefficient (Wildman–Crippen LogP) is 3.34. The van der Waals surface area contributed by atoms with Crippen molar-refractivity contribution in [1.29, 1.82) is 0 Å². The third-order valence-electron chi connectivity index (χ3n) is 4.14. The van der Waals surface area contributed by atoms with Crippen molar-refractivity contribution < 1.29 is 14.0 Å². The lowest BCUT2D eigenvalue weighted by Crippen LogP contribution is -2.38. The number of amides is 2. The minimum atomic E-state index is -0.265. The van der Waals surface area contributed by atoms with Gasteiger partial charge in [0.05, 0.1) is 23.1 Å². The maximum absolute atomic E-state index is 12.9. The Morgan fingerprint density at radius 3 is 2.54 bits per heavy atom. The fourth-order valence-corrected chi connectivity index (χ4v) is 3.65. The van der Waals surface area contributed by atoms with Crippen LogP contribution < -0.4 is 5.32 Å². The van der Waals surface area contributed by atoms with Gasteiger partial charge >= 0.3 is 0 Å². The molecule has 6 heteroatoms. The van der Waals surface area contributed by atoms with E-state index in [1.54, 1.807) is 19.1 Å². The Bertz CT molecular complexity index is 763. The molecule has 0 bridgehead atoms. The third-order valence-corrected chi connectivity index (χ3v) is 5.09. The summed E-state index contributed by atoms with van der Waals surface area (Å²) in [6.45, 7) is 5.11. The van der Waals surface area contributed by atoms with Gasteiger partial charge in [0.2, 0.25) is 0 Å². The molecule has 0 spiro atoms. The molecule has 2 heterocycles. The highest BCUT2D eigenvalue weighted by Gasteiger charge is 2.23. The topological polar surface area (TPSA) is 62.6 Å². The Morgan fingerprint density at radius 2 is 1.88 bits per heavy atom. The van der Waals surface area contributed by atoms with Crippen LogP contribution in [0.15, 0.2) is 34.9 Å². The molecule has 126 valence electrons. The first kappa shape index (κ1) is 16.6. The molecule has 1 saturated heterocycles. The molecule has 0 atom stereocenters. The molecule has 1 aromatic heterocycles. The van der Waals surface area contributed by atoms with E-state index in [2.05, 4.69) is 5.32 Å². The number of anilines is 1. The molecule has 3 rings (SSSR count). The average Bonchev–Trinajstić information content (AvgIpc) is 3.03. The van der Waals surface area contributed by atoms with Crippen molar-refractivity contribution in [1.82, 2.24) is 4.90 Å². The lowest BCUT2D eigenvalue weighted by Gasteiger charge is -2.27. The fourth-order valence-electron chi connectivity index (χ4n) is 2.75. The minimum absolute atomic E-state index is 0.0294. The van der Waals surface area contributed by atoms with Crippen molar-refractivity contribution in [3.63, 3.8) is 0 Å². The van der Waals surface area contributed by atoms with Crippen molar-refractivity contribution in [3.8, 4) is 0 Å². The Balaban J connectivity index is 1.88. The van der Waals surface area contributed by atoms with E-state index in [0.29, 0.717) is 22.6 Å². The summed E-state index contributed by atoms with van der Waals surface area (Å²) in [5, 5.41) is 2.89. The highest BCUT2D eigenvalue weighted by Crippen LogP contribution is 2.25. The smallest absolute Gasteiger partial charge is 0.259 e. The number of benzene rings is 1. The Morgan fingerprint density at radius 1 is 1.12 bits per heavy atom. The number of nitrogens with one attached hydrogen (secondary N) is 1. The van der Waals surface area contributed by atoms with E-state index in [4.69, 9.17) is 4.42 Å². The van der Waals surface area contributed by atoms with Gasteiger partial charge in [-0.05, 0) is 31.5 Å². The first-order valence-electron chi connectivity index (χ1n) is 7.90. The number of furan rings is 1. The fraction of sp³-hybridized carbons (Fsp3) is 0.333. The molecule has 0 unspecified atom stereocenters. The monoisotopic (exact) mass is 344 g/mol. The van der Waals surface area contributed by atoms with Crippen molar-refractivity contribution in [2.45, 2.75) is 13.8 Å². The van der Waals surface area contributed by atoms with E-state index in [9.17, 15) is 9.59 Å². The quantitative estimate of drug-likeness (QED) is 0.928. The number of nitrogens with zero attached hydrogens (tertiary/aromatic N) is 1. The van der Waals surface area contributed by atoms with Crippen LogP contribution in [0, 0.1) is 13.8 Å². The summed E-state index contributed by atoms with van der Waals surface area (Å²) >= 11 is 1.86. The predicted molar refractivity (Wildman–Crippen MR) is 95.8 cm³/mol. The zero-order valence-corrected chi connectivity index (χ0v) is 14.6.